The van der Waals surface area contributed by atoms with Crippen molar-refractivity contribution in [1.82, 2.24) is 0 Å². The molecule has 0 amide bonds. The van der Waals surface area contributed by atoms with E-state index in [1.54, 1.807) is 24.3 Å². The van der Waals surface area contributed by atoms with Crippen molar-refractivity contribution in [3.63, 3.8) is 0 Å². The third-order valence-electron chi connectivity index (χ3n) is 3.83. The van der Waals surface area contributed by atoms with Gasteiger partial charge in [-0.25, -0.2) is 8.42 Å². The smallest absolute Gasteiger partial charge is 0.178 e. The molecule has 0 aliphatic carbocycles. The van der Waals surface area contributed by atoms with Crippen LogP contribution in [0.2, 0.25) is 0 Å². The summed E-state index contributed by atoms with van der Waals surface area (Å²) >= 11 is 0. The topological polar surface area (TPSA) is 96.2 Å². The number of benzene rings is 3. The number of aldehydes is 1. The average Bonchev–Trinajstić information content (AvgIpc) is 2.66. The number of fused-ring (bicyclic) bond motifs is 1. The molecule has 7 heteroatoms. The van der Waals surface area contributed by atoms with E-state index in [0.29, 0.717) is 17.4 Å². The summed E-state index contributed by atoms with van der Waals surface area (Å²) in [5.41, 5.74) is 0.627. The van der Waals surface area contributed by atoms with Gasteiger partial charge in [-0.1, -0.05) is 36.4 Å². The summed E-state index contributed by atoms with van der Waals surface area (Å²) in [6, 6.07) is 16.8. The Hall–Kier alpha value is -3.06. The summed E-state index contributed by atoms with van der Waals surface area (Å²) in [5.74, 6) is -0.232. The minimum Gasteiger partial charge on any atom is -0.505 e. The highest BCUT2D eigenvalue weighted by molar-refractivity contribution is 7.91. The zero-order chi connectivity index (χ0) is 18.6. The van der Waals surface area contributed by atoms with E-state index >= 15 is 0 Å². The molecule has 0 fully saturated rings. The Labute approximate surface area is 150 Å². The lowest BCUT2D eigenvalue weighted by atomic mass is 10.1. The molecular formula is C19H16N2O4S. The molecule has 0 heterocycles. The predicted molar refractivity (Wildman–Crippen MR) is 99.0 cm³/mol. The summed E-state index contributed by atoms with van der Waals surface area (Å²) in [5, 5.41) is 19.9. The minimum atomic E-state index is -3.55. The predicted octanol–water partition coefficient (Wildman–Crippen LogP) is 4.32. The van der Waals surface area contributed by atoms with Crippen molar-refractivity contribution in [3.8, 4) is 5.75 Å². The molecule has 0 atom stereocenters. The largest absolute Gasteiger partial charge is 0.505 e. The Morgan fingerprint density at radius 2 is 1.77 bits per heavy atom. The van der Waals surface area contributed by atoms with Crippen LogP contribution in [-0.2, 0) is 14.6 Å². The molecule has 0 saturated heterocycles. The van der Waals surface area contributed by atoms with Crippen LogP contribution in [-0.4, -0.2) is 25.6 Å². The van der Waals surface area contributed by atoms with Gasteiger partial charge in [0.2, 0.25) is 0 Å². The highest BCUT2D eigenvalue weighted by Crippen LogP contribution is 2.35. The number of nitrogens with zero attached hydrogens (tertiary/aromatic N) is 2. The van der Waals surface area contributed by atoms with Gasteiger partial charge in [0.15, 0.2) is 15.6 Å². The van der Waals surface area contributed by atoms with Gasteiger partial charge in [0.1, 0.15) is 12.0 Å². The number of hydrogen-bond acceptors (Lipinski definition) is 6. The van der Waals surface area contributed by atoms with E-state index in [1.165, 1.54) is 12.1 Å². The maximum atomic E-state index is 12.1. The van der Waals surface area contributed by atoms with Gasteiger partial charge in [-0.15, -0.1) is 5.11 Å². The molecule has 0 aliphatic rings. The molecular weight excluding hydrogens is 352 g/mol. The van der Waals surface area contributed by atoms with E-state index in [9.17, 15) is 18.3 Å². The first-order valence-electron chi connectivity index (χ1n) is 7.90. The monoisotopic (exact) mass is 368 g/mol. The second-order valence-corrected chi connectivity index (χ2v) is 7.74. The first-order valence-corrected chi connectivity index (χ1v) is 9.55. The van der Waals surface area contributed by atoms with E-state index in [2.05, 4.69) is 10.2 Å². The first kappa shape index (κ1) is 17.8. The van der Waals surface area contributed by atoms with Gasteiger partial charge >= 0.3 is 0 Å². The zero-order valence-corrected chi connectivity index (χ0v) is 14.6. The van der Waals surface area contributed by atoms with Crippen LogP contribution in [0.5, 0.6) is 5.75 Å². The Bertz CT molecular complexity index is 1090. The minimum absolute atomic E-state index is 0.0154. The van der Waals surface area contributed by atoms with Gasteiger partial charge < -0.3 is 9.90 Å². The van der Waals surface area contributed by atoms with Crippen molar-refractivity contribution in [3.05, 3.63) is 60.7 Å². The van der Waals surface area contributed by atoms with Crippen LogP contribution in [0.25, 0.3) is 10.8 Å². The number of carbonyl (C=O) groups excluding carboxylic acids is 1. The van der Waals surface area contributed by atoms with Gasteiger partial charge in [-0.3, -0.25) is 0 Å². The van der Waals surface area contributed by atoms with Crippen LogP contribution in [0.15, 0.2) is 75.8 Å². The molecule has 3 aromatic rings. The van der Waals surface area contributed by atoms with Crippen molar-refractivity contribution < 1.29 is 18.3 Å². The molecule has 0 aromatic heterocycles. The molecule has 6 nitrogen and oxygen atoms in total. The number of phenolic OH excluding ortho intramolecular Hbond substituents is 1. The van der Waals surface area contributed by atoms with Crippen molar-refractivity contribution in [2.75, 3.05) is 5.75 Å². The number of aromatic hydroxyl groups is 1. The number of azo groups is 1. The zero-order valence-electron chi connectivity index (χ0n) is 13.7. The van der Waals surface area contributed by atoms with Crippen LogP contribution in [0.4, 0.5) is 11.4 Å². The quantitative estimate of drug-likeness (QED) is 0.517. The summed E-state index contributed by atoms with van der Waals surface area (Å²) in [6.45, 7) is 0. The second kappa shape index (κ2) is 7.45. The van der Waals surface area contributed by atoms with Gasteiger partial charge in [-0.05, 0) is 29.7 Å². The molecule has 0 bridgehead atoms. The van der Waals surface area contributed by atoms with E-state index in [-0.39, 0.29) is 28.5 Å². The molecule has 1 N–H and O–H groups in total. The van der Waals surface area contributed by atoms with E-state index in [4.69, 9.17) is 0 Å². The molecule has 26 heavy (non-hydrogen) atoms. The van der Waals surface area contributed by atoms with Gasteiger partial charge in [0.25, 0.3) is 0 Å². The Balaban J connectivity index is 1.91. The number of sulfone groups is 1. The molecule has 0 radical (unpaired) electrons. The molecule has 0 spiro atoms. The van der Waals surface area contributed by atoms with Crippen molar-refractivity contribution in [1.29, 1.82) is 0 Å². The lowest BCUT2D eigenvalue weighted by Gasteiger charge is -2.04. The van der Waals surface area contributed by atoms with Crippen molar-refractivity contribution in [2.45, 2.75) is 11.3 Å². The number of carbonyl (C=O) groups is 1. The average molecular weight is 368 g/mol. The van der Waals surface area contributed by atoms with Gasteiger partial charge in [0.05, 0.1) is 16.3 Å². The first-order chi connectivity index (χ1) is 12.5. The Kier molecular flexibility index (Phi) is 5.09. The van der Waals surface area contributed by atoms with E-state index in [1.807, 2.05) is 24.3 Å². The van der Waals surface area contributed by atoms with Crippen LogP contribution < -0.4 is 0 Å². The molecule has 3 aromatic carbocycles. The molecule has 0 saturated carbocycles. The van der Waals surface area contributed by atoms with Gasteiger partial charge in [-0.2, -0.15) is 5.11 Å². The van der Waals surface area contributed by atoms with E-state index in [0.717, 1.165) is 5.39 Å². The Morgan fingerprint density at radius 3 is 2.58 bits per heavy atom. The summed E-state index contributed by atoms with van der Waals surface area (Å²) in [6.07, 6.45) is 0.517. The normalized spacial score (nSPS) is 11.8. The molecule has 3 rings (SSSR count). The standard InChI is InChI=1S/C19H16N2O4S/c22-11-4-12-26(24,25)16-7-3-6-15(13-16)20-21-18-10-9-14-5-1-2-8-17(14)19(18)23/h1-3,5-11,13,23H,4,12H2. The lowest BCUT2D eigenvalue weighted by molar-refractivity contribution is -0.107. The maximum absolute atomic E-state index is 12.1. The number of hydrogen-bond donors (Lipinski definition) is 1. The molecule has 132 valence electrons. The van der Waals surface area contributed by atoms with Crippen molar-refractivity contribution in [2.24, 2.45) is 10.2 Å². The highest BCUT2D eigenvalue weighted by Gasteiger charge is 2.14. The Morgan fingerprint density at radius 1 is 0.962 bits per heavy atom. The summed E-state index contributed by atoms with van der Waals surface area (Å²) < 4.78 is 24.3. The van der Waals surface area contributed by atoms with Gasteiger partial charge in [0, 0.05) is 11.8 Å². The molecule has 0 unspecified atom stereocenters. The second-order valence-electron chi connectivity index (χ2n) is 5.63. The molecule has 0 aliphatic heterocycles. The fourth-order valence-corrected chi connectivity index (χ4v) is 3.72. The van der Waals surface area contributed by atoms with Crippen LogP contribution in [0.3, 0.4) is 0 Å². The lowest BCUT2D eigenvalue weighted by Crippen LogP contribution is -2.06. The number of rotatable bonds is 6. The third-order valence-corrected chi connectivity index (χ3v) is 5.58. The summed E-state index contributed by atoms with van der Waals surface area (Å²) in [4.78, 5) is 10.5. The number of phenols is 1. The maximum Gasteiger partial charge on any atom is 0.178 e. The fourth-order valence-electron chi connectivity index (χ4n) is 2.50. The fraction of sp³-hybridized carbons (Fsp3) is 0.105. The van der Waals surface area contributed by atoms with Crippen LogP contribution in [0, 0.1) is 0 Å². The van der Waals surface area contributed by atoms with Crippen LogP contribution in [0.1, 0.15) is 6.42 Å². The van der Waals surface area contributed by atoms with Crippen molar-refractivity contribution >= 4 is 38.3 Å². The third kappa shape index (κ3) is 3.78. The van der Waals surface area contributed by atoms with E-state index < -0.39 is 9.84 Å². The SMILES string of the molecule is O=CCCS(=O)(=O)c1cccc(N=Nc2ccc3ccccc3c2O)c1. The highest BCUT2D eigenvalue weighted by atomic mass is 32.2. The summed E-state index contributed by atoms with van der Waals surface area (Å²) in [7, 11) is -3.55. The van der Waals surface area contributed by atoms with Crippen LogP contribution >= 0.6 is 0 Å².